The van der Waals surface area contributed by atoms with Crippen molar-refractivity contribution < 1.29 is 4.74 Å². The summed E-state index contributed by atoms with van der Waals surface area (Å²) in [6, 6.07) is 0.285. The first kappa shape index (κ1) is 15.2. The molecular weight excluding hydrogens is 226 g/mol. The second-order valence-electron chi connectivity index (χ2n) is 5.42. The number of nitrogens with zero attached hydrogens (tertiary/aromatic N) is 2. The highest BCUT2D eigenvalue weighted by Crippen LogP contribution is 2.17. The first-order chi connectivity index (χ1) is 8.47. The molecule has 0 spiro atoms. The molecule has 0 aliphatic heterocycles. The molecule has 1 heterocycles. The Kier molecular flexibility index (Phi) is 5.82. The van der Waals surface area contributed by atoms with E-state index in [2.05, 4.69) is 49.7 Å². The maximum atomic E-state index is 5.20. The molecule has 1 unspecified atom stereocenters. The van der Waals surface area contributed by atoms with Gasteiger partial charge in [-0.15, -0.1) is 0 Å². The minimum Gasteiger partial charge on any atom is -0.382 e. The van der Waals surface area contributed by atoms with Crippen LogP contribution in [0.5, 0.6) is 0 Å². The summed E-state index contributed by atoms with van der Waals surface area (Å²) in [5.74, 6) is 0.674. The molecule has 0 fully saturated rings. The number of methoxy groups -OCH3 is 1. The van der Waals surface area contributed by atoms with E-state index in [-0.39, 0.29) is 6.04 Å². The largest absolute Gasteiger partial charge is 0.382 e. The fourth-order valence-electron chi connectivity index (χ4n) is 2.18. The SMILES string of the molecule is COCC(C)n1nc(C)c(CNCC(C)C)c1C. The van der Waals surface area contributed by atoms with Gasteiger partial charge in [-0.2, -0.15) is 5.10 Å². The van der Waals surface area contributed by atoms with Gasteiger partial charge in [-0.25, -0.2) is 0 Å². The molecule has 4 heteroatoms. The van der Waals surface area contributed by atoms with E-state index in [1.165, 1.54) is 11.3 Å². The van der Waals surface area contributed by atoms with Crippen LogP contribution in [0.3, 0.4) is 0 Å². The molecule has 0 amide bonds. The molecule has 0 aliphatic carbocycles. The lowest BCUT2D eigenvalue weighted by Crippen LogP contribution is -2.20. The summed E-state index contributed by atoms with van der Waals surface area (Å²) in [6.07, 6.45) is 0. The molecule has 1 N–H and O–H groups in total. The third kappa shape index (κ3) is 3.82. The summed E-state index contributed by atoms with van der Waals surface area (Å²) in [7, 11) is 1.73. The molecule has 1 aromatic rings. The van der Waals surface area contributed by atoms with Gasteiger partial charge in [0.05, 0.1) is 18.3 Å². The second kappa shape index (κ2) is 6.90. The van der Waals surface area contributed by atoms with Gasteiger partial charge in [-0.1, -0.05) is 13.8 Å². The van der Waals surface area contributed by atoms with Crippen molar-refractivity contribution in [3.63, 3.8) is 0 Å². The van der Waals surface area contributed by atoms with Gasteiger partial charge < -0.3 is 10.1 Å². The predicted molar refractivity (Wildman–Crippen MR) is 74.8 cm³/mol. The molecule has 1 aromatic heterocycles. The van der Waals surface area contributed by atoms with Crippen LogP contribution in [0.15, 0.2) is 0 Å². The first-order valence-electron chi connectivity index (χ1n) is 6.71. The van der Waals surface area contributed by atoms with Crippen molar-refractivity contribution in [2.24, 2.45) is 5.92 Å². The lowest BCUT2D eigenvalue weighted by molar-refractivity contribution is 0.156. The molecule has 1 atom stereocenters. The minimum atomic E-state index is 0.285. The van der Waals surface area contributed by atoms with Crippen molar-refractivity contribution in [3.05, 3.63) is 17.0 Å². The Labute approximate surface area is 111 Å². The topological polar surface area (TPSA) is 39.1 Å². The Bertz CT molecular complexity index is 371. The van der Waals surface area contributed by atoms with Gasteiger partial charge in [-0.05, 0) is 33.2 Å². The molecule has 0 saturated heterocycles. The van der Waals surface area contributed by atoms with Crippen LogP contribution >= 0.6 is 0 Å². The van der Waals surface area contributed by atoms with Gasteiger partial charge in [0, 0.05) is 24.9 Å². The molecule has 0 aromatic carbocycles. The average Bonchev–Trinajstić information content (AvgIpc) is 2.56. The standard InChI is InChI=1S/C14H27N3O/c1-10(2)7-15-8-14-12(4)16-17(13(14)5)11(3)9-18-6/h10-11,15H,7-9H2,1-6H3. The number of rotatable bonds is 7. The zero-order chi connectivity index (χ0) is 13.7. The van der Waals surface area contributed by atoms with Crippen molar-refractivity contribution in [1.82, 2.24) is 15.1 Å². The van der Waals surface area contributed by atoms with E-state index in [1.807, 2.05) is 0 Å². The summed E-state index contributed by atoms with van der Waals surface area (Å²) < 4.78 is 7.27. The van der Waals surface area contributed by atoms with Crippen LogP contribution in [0, 0.1) is 19.8 Å². The fourth-order valence-corrected chi connectivity index (χ4v) is 2.18. The summed E-state index contributed by atoms with van der Waals surface area (Å²) in [5.41, 5.74) is 3.68. The number of aryl methyl sites for hydroxylation is 1. The molecular formula is C14H27N3O. The number of ether oxygens (including phenoxy) is 1. The average molecular weight is 253 g/mol. The van der Waals surface area contributed by atoms with E-state index in [1.54, 1.807) is 7.11 Å². The van der Waals surface area contributed by atoms with Gasteiger partial charge in [-0.3, -0.25) is 4.68 Å². The van der Waals surface area contributed by atoms with Gasteiger partial charge in [0.15, 0.2) is 0 Å². The highest BCUT2D eigenvalue weighted by molar-refractivity contribution is 5.24. The van der Waals surface area contributed by atoms with Crippen LogP contribution in [-0.4, -0.2) is 30.0 Å². The van der Waals surface area contributed by atoms with Gasteiger partial charge in [0.1, 0.15) is 0 Å². The van der Waals surface area contributed by atoms with Crippen LogP contribution in [0.1, 0.15) is 43.8 Å². The van der Waals surface area contributed by atoms with Crippen molar-refractivity contribution >= 4 is 0 Å². The summed E-state index contributed by atoms with van der Waals surface area (Å²) >= 11 is 0. The molecule has 1 rings (SSSR count). The predicted octanol–water partition coefficient (Wildman–Crippen LogP) is 2.45. The monoisotopic (exact) mass is 253 g/mol. The third-order valence-electron chi connectivity index (χ3n) is 3.15. The lowest BCUT2D eigenvalue weighted by atomic mass is 10.1. The second-order valence-corrected chi connectivity index (χ2v) is 5.42. The molecule has 0 bridgehead atoms. The molecule has 0 aliphatic rings. The van der Waals surface area contributed by atoms with Crippen molar-refractivity contribution in [3.8, 4) is 0 Å². The van der Waals surface area contributed by atoms with Crippen molar-refractivity contribution in [2.45, 2.75) is 47.2 Å². The van der Waals surface area contributed by atoms with E-state index in [0.29, 0.717) is 12.5 Å². The smallest absolute Gasteiger partial charge is 0.0727 e. The fraction of sp³-hybridized carbons (Fsp3) is 0.786. The van der Waals surface area contributed by atoms with E-state index >= 15 is 0 Å². The van der Waals surface area contributed by atoms with Crippen molar-refractivity contribution in [1.29, 1.82) is 0 Å². The zero-order valence-electron chi connectivity index (χ0n) is 12.6. The van der Waals surface area contributed by atoms with Crippen LogP contribution in [0.4, 0.5) is 0 Å². The molecule has 104 valence electrons. The minimum absolute atomic E-state index is 0.285. The quantitative estimate of drug-likeness (QED) is 0.811. The molecule has 0 radical (unpaired) electrons. The number of aromatic nitrogens is 2. The molecule has 18 heavy (non-hydrogen) atoms. The third-order valence-corrected chi connectivity index (χ3v) is 3.15. The van der Waals surface area contributed by atoms with Crippen LogP contribution in [-0.2, 0) is 11.3 Å². The maximum Gasteiger partial charge on any atom is 0.0727 e. The highest BCUT2D eigenvalue weighted by atomic mass is 16.5. The molecule has 4 nitrogen and oxygen atoms in total. The normalized spacial score (nSPS) is 13.3. The van der Waals surface area contributed by atoms with Gasteiger partial charge >= 0.3 is 0 Å². The van der Waals surface area contributed by atoms with Crippen LogP contribution < -0.4 is 5.32 Å². The number of hydrogen-bond donors (Lipinski definition) is 1. The van der Waals surface area contributed by atoms with Gasteiger partial charge in [0.25, 0.3) is 0 Å². The number of nitrogens with one attached hydrogen (secondary N) is 1. The van der Waals surface area contributed by atoms with Crippen molar-refractivity contribution in [2.75, 3.05) is 20.3 Å². The van der Waals surface area contributed by atoms with E-state index in [0.717, 1.165) is 18.8 Å². The summed E-state index contributed by atoms with van der Waals surface area (Å²) in [4.78, 5) is 0. The Hall–Kier alpha value is -0.870. The van der Waals surface area contributed by atoms with E-state index in [4.69, 9.17) is 4.74 Å². The highest BCUT2D eigenvalue weighted by Gasteiger charge is 2.15. The maximum absolute atomic E-state index is 5.20. The Morgan fingerprint density at radius 1 is 1.28 bits per heavy atom. The van der Waals surface area contributed by atoms with E-state index < -0.39 is 0 Å². The van der Waals surface area contributed by atoms with Crippen LogP contribution in [0.2, 0.25) is 0 Å². The summed E-state index contributed by atoms with van der Waals surface area (Å²) in [5, 5.41) is 8.11. The Balaban J connectivity index is 2.74. The van der Waals surface area contributed by atoms with Gasteiger partial charge in [0.2, 0.25) is 0 Å². The summed E-state index contributed by atoms with van der Waals surface area (Å²) in [6.45, 7) is 13.4. The lowest BCUT2D eigenvalue weighted by Gasteiger charge is -2.13. The zero-order valence-corrected chi connectivity index (χ0v) is 12.6. The molecule has 0 saturated carbocycles. The number of hydrogen-bond acceptors (Lipinski definition) is 3. The van der Waals surface area contributed by atoms with E-state index in [9.17, 15) is 0 Å². The first-order valence-corrected chi connectivity index (χ1v) is 6.71. The Morgan fingerprint density at radius 3 is 2.50 bits per heavy atom. The van der Waals surface area contributed by atoms with Crippen LogP contribution in [0.25, 0.3) is 0 Å². The Morgan fingerprint density at radius 2 is 1.94 bits per heavy atom.